The Morgan fingerprint density at radius 3 is 2.02 bits per heavy atom. The highest BCUT2D eigenvalue weighted by Crippen LogP contribution is 2.49. The van der Waals surface area contributed by atoms with Gasteiger partial charge in [0.15, 0.2) is 11.7 Å². The summed E-state index contributed by atoms with van der Waals surface area (Å²) in [5, 5.41) is 10.6. The Labute approximate surface area is 287 Å². The lowest BCUT2D eigenvalue weighted by molar-refractivity contribution is -0.146. The SMILES string of the molecule is CC1(C)SC(=O)C(c2sc(Cl)cc2Cl)=C1O.COC(=O)C(C(=O)C(C)(C)SCc1ccc(OC)cc1)c1sc(Cl)cc1Cl. The van der Waals surface area contributed by atoms with Gasteiger partial charge in [0, 0.05) is 10.6 Å². The lowest BCUT2D eigenvalue weighted by Crippen LogP contribution is -2.37. The van der Waals surface area contributed by atoms with Crippen LogP contribution in [0.15, 0.2) is 42.2 Å². The molecule has 1 aliphatic rings. The Morgan fingerprint density at radius 2 is 1.58 bits per heavy atom. The molecular formula is C29H28Cl4O6S4. The van der Waals surface area contributed by atoms with Crippen molar-refractivity contribution in [1.82, 2.24) is 0 Å². The van der Waals surface area contributed by atoms with Crippen LogP contribution in [0.5, 0.6) is 5.75 Å². The highest BCUT2D eigenvalue weighted by atomic mass is 35.5. The first-order chi connectivity index (χ1) is 20.0. The van der Waals surface area contributed by atoms with E-state index in [1.165, 1.54) is 36.3 Å². The number of hydrogen-bond donors (Lipinski definition) is 1. The van der Waals surface area contributed by atoms with Crippen molar-refractivity contribution in [3.8, 4) is 5.75 Å². The Bertz CT molecular complexity index is 1540. The molecule has 1 unspecified atom stereocenters. The molecule has 0 aliphatic carbocycles. The standard InChI is InChI=1S/C19H20Cl2O4S2.C10H8Cl2O2S2/c1-19(2,26-10-11-5-7-12(24-3)8-6-11)17(22)15(18(23)25-4)16-13(20)9-14(21)27-16;1-10(2)8(13)6(9(14)16-10)7-4(11)3-5(12)15-7/h5-9,15H,10H2,1-4H3;3,13H,1-2H3. The average molecular weight is 743 g/mol. The number of ether oxygens (including phenoxy) is 2. The number of carbonyl (C=O) groups is 3. The molecule has 0 bridgehead atoms. The largest absolute Gasteiger partial charge is 0.510 e. The first kappa shape index (κ1) is 36.1. The third-order valence-electron chi connectivity index (χ3n) is 6.24. The number of esters is 1. The fourth-order valence-electron chi connectivity index (χ4n) is 3.85. The van der Waals surface area contributed by atoms with E-state index in [9.17, 15) is 19.5 Å². The minimum atomic E-state index is -1.10. The Kier molecular flexibility index (Phi) is 12.4. The Morgan fingerprint density at radius 1 is 1.00 bits per heavy atom. The normalized spacial score (nSPS) is 15.2. The summed E-state index contributed by atoms with van der Waals surface area (Å²) in [6.45, 7) is 7.17. The van der Waals surface area contributed by atoms with E-state index in [1.54, 1.807) is 40.9 Å². The molecule has 1 aliphatic heterocycles. The zero-order valence-corrected chi connectivity index (χ0v) is 30.2. The van der Waals surface area contributed by atoms with Crippen molar-refractivity contribution in [3.05, 3.63) is 76.2 Å². The number of Topliss-reactive ketones (excluding diaryl/α,β-unsaturated/α-hetero) is 1. The second-order valence-electron chi connectivity index (χ2n) is 10.1. The molecule has 43 heavy (non-hydrogen) atoms. The van der Waals surface area contributed by atoms with Crippen molar-refractivity contribution in [2.24, 2.45) is 0 Å². The molecule has 1 N–H and O–H groups in total. The predicted molar refractivity (Wildman–Crippen MR) is 183 cm³/mol. The Hall–Kier alpha value is -1.37. The van der Waals surface area contributed by atoms with E-state index in [0.717, 1.165) is 34.4 Å². The van der Waals surface area contributed by atoms with E-state index in [0.29, 0.717) is 34.2 Å². The maximum absolute atomic E-state index is 13.2. The Balaban J connectivity index is 0.000000268. The van der Waals surface area contributed by atoms with Crippen LogP contribution < -0.4 is 4.74 Å². The van der Waals surface area contributed by atoms with E-state index in [4.69, 9.17) is 55.9 Å². The van der Waals surface area contributed by atoms with Gasteiger partial charge in [-0.05, 0) is 57.5 Å². The number of aliphatic hydroxyl groups is 1. The molecule has 2 aromatic heterocycles. The highest BCUT2D eigenvalue weighted by Gasteiger charge is 2.43. The van der Waals surface area contributed by atoms with Gasteiger partial charge < -0.3 is 14.6 Å². The topological polar surface area (TPSA) is 89.9 Å². The van der Waals surface area contributed by atoms with Gasteiger partial charge in [0.25, 0.3) is 0 Å². The summed E-state index contributed by atoms with van der Waals surface area (Å²) >= 11 is 28.8. The summed E-state index contributed by atoms with van der Waals surface area (Å²) in [5.41, 5.74) is 1.34. The van der Waals surface area contributed by atoms with Crippen LogP contribution in [0.1, 0.15) is 48.9 Å². The number of thioether (sulfide) groups is 2. The average Bonchev–Trinajstić information content (AvgIpc) is 3.52. The molecule has 0 fully saturated rings. The number of ketones is 1. The lowest BCUT2D eigenvalue weighted by Gasteiger charge is -2.26. The van der Waals surface area contributed by atoms with E-state index in [2.05, 4.69) is 0 Å². The molecular weight excluding hydrogens is 714 g/mol. The number of carbonyl (C=O) groups excluding carboxylic acids is 3. The number of halogens is 4. The predicted octanol–water partition coefficient (Wildman–Crippen LogP) is 9.98. The van der Waals surface area contributed by atoms with Crippen LogP contribution in [0, 0.1) is 0 Å². The summed E-state index contributed by atoms with van der Waals surface area (Å²) in [4.78, 5) is 38.3. The number of methoxy groups -OCH3 is 2. The molecule has 1 aromatic carbocycles. The first-order valence-electron chi connectivity index (χ1n) is 12.5. The number of thiophene rings is 2. The number of benzene rings is 1. The van der Waals surface area contributed by atoms with Gasteiger partial charge >= 0.3 is 5.97 Å². The summed E-state index contributed by atoms with van der Waals surface area (Å²) < 4.78 is 9.50. The van der Waals surface area contributed by atoms with Crippen LogP contribution in [0.4, 0.5) is 0 Å². The second-order valence-corrected chi connectivity index (χ2v) is 17.5. The van der Waals surface area contributed by atoms with Crippen molar-refractivity contribution in [2.45, 2.75) is 48.9 Å². The molecule has 0 amide bonds. The third kappa shape index (κ3) is 8.67. The number of hydrogen-bond acceptors (Lipinski definition) is 10. The second kappa shape index (κ2) is 14.8. The van der Waals surface area contributed by atoms with Crippen LogP contribution in [-0.4, -0.2) is 45.7 Å². The molecule has 14 heteroatoms. The molecule has 1 atom stereocenters. The molecule has 0 radical (unpaired) electrons. The van der Waals surface area contributed by atoms with Gasteiger partial charge in [0.1, 0.15) is 11.5 Å². The molecule has 6 nitrogen and oxygen atoms in total. The molecule has 0 spiro atoms. The summed E-state index contributed by atoms with van der Waals surface area (Å²) in [7, 11) is 2.86. The van der Waals surface area contributed by atoms with Crippen LogP contribution in [0.25, 0.3) is 5.57 Å². The minimum absolute atomic E-state index is 0.0721. The fourth-order valence-corrected chi connectivity index (χ4v) is 9.13. The van der Waals surface area contributed by atoms with Crippen LogP contribution >= 0.6 is 92.6 Å². The van der Waals surface area contributed by atoms with E-state index in [1.807, 2.05) is 24.3 Å². The molecule has 3 aromatic rings. The van der Waals surface area contributed by atoms with Gasteiger partial charge in [-0.1, -0.05) is 70.3 Å². The maximum Gasteiger partial charge on any atom is 0.321 e. The van der Waals surface area contributed by atoms with Crippen molar-refractivity contribution < 1.29 is 29.0 Å². The van der Waals surface area contributed by atoms with E-state index >= 15 is 0 Å². The highest BCUT2D eigenvalue weighted by molar-refractivity contribution is 8.16. The smallest absolute Gasteiger partial charge is 0.321 e. The number of rotatable bonds is 9. The van der Waals surface area contributed by atoms with Crippen molar-refractivity contribution in [3.63, 3.8) is 0 Å². The minimum Gasteiger partial charge on any atom is -0.510 e. The zero-order chi connectivity index (χ0) is 32.3. The zero-order valence-electron chi connectivity index (χ0n) is 23.9. The summed E-state index contributed by atoms with van der Waals surface area (Å²) in [6.07, 6.45) is 0. The van der Waals surface area contributed by atoms with Crippen LogP contribution in [-0.2, 0) is 24.9 Å². The molecule has 3 heterocycles. The molecule has 0 saturated carbocycles. The monoisotopic (exact) mass is 740 g/mol. The van der Waals surface area contributed by atoms with Crippen molar-refractivity contribution in [1.29, 1.82) is 0 Å². The lowest BCUT2D eigenvalue weighted by atomic mass is 9.93. The van der Waals surface area contributed by atoms with Gasteiger partial charge in [-0.3, -0.25) is 14.4 Å². The maximum atomic E-state index is 13.2. The van der Waals surface area contributed by atoms with Crippen LogP contribution in [0.3, 0.4) is 0 Å². The summed E-state index contributed by atoms with van der Waals surface area (Å²) in [5.74, 6) is -0.558. The van der Waals surface area contributed by atoms with Gasteiger partial charge in [-0.25, -0.2) is 0 Å². The van der Waals surface area contributed by atoms with Gasteiger partial charge in [0.05, 0.1) is 52.9 Å². The van der Waals surface area contributed by atoms with E-state index in [-0.39, 0.29) is 22.2 Å². The van der Waals surface area contributed by atoms with Crippen molar-refractivity contribution >= 4 is 115 Å². The molecule has 232 valence electrons. The first-order valence-corrected chi connectivity index (χ1v) is 17.4. The van der Waals surface area contributed by atoms with Crippen LogP contribution in [0.2, 0.25) is 18.7 Å². The van der Waals surface area contributed by atoms with Gasteiger partial charge in [-0.2, -0.15) is 0 Å². The van der Waals surface area contributed by atoms with Gasteiger partial charge in [-0.15, -0.1) is 34.4 Å². The van der Waals surface area contributed by atoms with Crippen molar-refractivity contribution in [2.75, 3.05) is 14.2 Å². The molecule has 4 rings (SSSR count). The summed E-state index contributed by atoms with van der Waals surface area (Å²) in [6, 6.07) is 10.7. The molecule has 0 saturated heterocycles. The number of aliphatic hydroxyl groups excluding tert-OH is 1. The van der Waals surface area contributed by atoms with E-state index < -0.39 is 21.4 Å². The van der Waals surface area contributed by atoms with Gasteiger partial charge in [0.2, 0.25) is 5.12 Å². The third-order valence-corrected chi connectivity index (χ3v) is 12.2. The fraction of sp³-hybridized carbons (Fsp3) is 0.345. The quantitative estimate of drug-likeness (QED) is 0.171.